The molecule has 3 fully saturated rings. The molecular weight excluding hydrogens is 929 g/mol. The largest absolute Gasteiger partial charge is 0.453 e. The Kier molecular flexibility index (Phi) is 15.9. The van der Waals surface area contributed by atoms with E-state index in [0.29, 0.717) is 54.8 Å². The number of benzene rings is 2. The van der Waals surface area contributed by atoms with Gasteiger partial charge >= 0.3 is 12.2 Å². The number of likely N-dealkylation sites (tertiary alicyclic amines) is 2. The maximum absolute atomic E-state index is 13.8. The Bertz CT molecular complexity index is 2370. The normalized spacial score (nSPS) is 20.7. The predicted octanol–water partition coefficient (Wildman–Crippen LogP) is 6.54. The highest BCUT2D eigenvalue weighted by Crippen LogP contribution is 2.50. The monoisotopic (exact) mass is 988 g/mol. The van der Waals surface area contributed by atoms with Crippen LogP contribution in [0.1, 0.15) is 113 Å². The Morgan fingerprint density at radius 2 is 1.11 bits per heavy atom. The minimum Gasteiger partial charge on any atom is -0.453 e. The van der Waals surface area contributed by atoms with Crippen LogP contribution in [0.15, 0.2) is 36.4 Å². The maximum atomic E-state index is 13.8. The number of nitro groups is 2. The van der Waals surface area contributed by atoms with Crippen LogP contribution in [0.25, 0.3) is 0 Å². The summed E-state index contributed by atoms with van der Waals surface area (Å²) in [6, 6.07) is 4.42. The molecule has 6 amide bonds. The quantitative estimate of drug-likeness (QED) is 0.0930. The van der Waals surface area contributed by atoms with Crippen LogP contribution in [0, 0.1) is 32.1 Å². The summed E-state index contributed by atoms with van der Waals surface area (Å²) >= 11 is 1.53. The van der Waals surface area contributed by atoms with E-state index >= 15 is 0 Å². The SMILES string of the molecule is COC(=O)N[C@H](C(=O)N1CCC[C@H]1C(=O)Nc1ccc([C@H]2CC[C@H](c3ccc(NC(=O)[C@@H]4CCCN4C(=O)[C@@H](NC(=O)OC)C(C)C)c([N+](=O)[O-])c3)N2c2nc3c(s2)CCCC3)cc1[N+](=O)[O-])C(C)C. The Balaban J connectivity index is 1.15. The zero-order valence-electron chi connectivity index (χ0n) is 40.1. The van der Waals surface area contributed by atoms with Crippen molar-refractivity contribution in [1.82, 2.24) is 25.4 Å². The number of aryl methyl sites for hydroxylation is 2. The number of alkyl carbamates (subject to hydrolysis) is 2. The molecule has 4 aliphatic rings. The highest BCUT2D eigenvalue weighted by atomic mass is 32.1. The van der Waals surface area contributed by atoms with E-state index in [0.717, 1.165) is 36.3 Å². The molecule has 22 nitrogen and oxygen atoms in total. The third-order valence-corrected chi connectivity index (χ3v) is 14.8. The lowest BCUT2D eigenvalue weighted by Crippen LogP contribution is -2.54. The van der Waals surface area contributed by atoms with Crippen LogP contribution in [0.2, 0.25) is 0 Å². The highest BCUT2D eigenvalue weighted by molar-refractivity contribution is 7.15. The molecule has 23 heteroatoms. The summed E-state index contributed by atoms with van der Waals surface area (Å²) < 4.78 is 9.41. The molecule has 3 aromatic rings. The van der Waals surface area contributed by atoms with Gasteiger partial charge in [0.05, 0.1) is 41.8 Å². The number of hydrogen-bond donors (Lipinski definition) is 4. The van der Waals surface area contributed by atoms with Gasteiger partial charge in [0.2, 0.25) is 23.6 Å². The third kappa shape index (κ3) is 10.8. The second kappa shape index (κ2) is 21.8. The van der Waals surface area contributed by atoms with Gasteiger partial charge in [-0.05, 0) is 99.3 Å². The molecule has 3 saturated heterocycles. The predicted molar refractivity (Wildman–Crippen MR) is 257 cm³/mol. The summed E-state index contributed by atoms with van der Waals surface area (Å²) in [7, 11) is 2.37. The Morgan fingerprint density at radius 1 is 0.671 bits per heavy atom. The van der Waals surface area contributed by atoms with Crippen molar-refractivity contribution in [2.24, 2.45) is 11.8 Å². The summed E-state index contributed by atoms with van der Waals surface area (Å²) in [5.74, 6) is -2.81. The van der Waals surface area contributed by atoms with E-state index in [1.165, 1.54) is 59.6 Å². The number of nitrogens with one attached hydrogen (secondary N) is 4. The van der Waals surface area contributed by atoms with Gasteiger partial charge in [-0.3, -0.25) is 39.4 Å². The number of carbonyl (C=O) groups is 6. The van der Waals surface area contributed by atoms with E-state index in [9.17, 15) is 49.0 Å². The van der Waals surface area contributed by atoms with Gasteiger partial charge in [0.25, 0.3) is 11.4 Å². The average molecular weight is 989 g/mol. The van der Waals surface area contributed by atoms with Crippen molar-refractivity contribution in [2.45, 2.75) is 128 Å². The lowest BCUT2D eigenvalue weighted by molar-refractivity contribution is -0.384. The number of nitrogens with zero attached hydrogens (tertiary/aromatic N) is 6. The first kappa shape index (κ1) is 51.0. The molecule has 4 heterocycles. The lowest BCUT2D eigenvalue weighted by Gasteiger charge is -2.31. The molecule has 6 atom stereocenters. The zero-order valence-corrected chi connectivity index (χ0v) is 40.9. The smallest absolute Gasteiger partial charge is 0.407 e. The fourth-order valence-electron chi connectivity index (χ4n) is 10.0. The van der Waals surface area contributed by atoms with Crippen LogP contribution in [0.5, 0.6) is 0 Å². The van der Waals surface area contributed by atoms with Crippen LogP contribution in [-0.2, 0) is 41.5 Å². The molecule has 0 unspecified atom stereocenters. The summed E-state index contributed by atoms with van der Waals surface area (Å²) in [6.07, 6.45) is 4.64. The molecule has 0 bridgehead atoms. The van der Waals surface area contributed by atoms with Gasteiger partial charge in [0, 0.05) is 30.1 Å². The molecule has 7 rings (SSSR count). The van der Waals surface area contributed by atoms with Gasteiger partial charge in [-0.2, -0.15) is 0 Å². The zero-order chi connectivity index (χ0) is 50.6. The van der Waals surface area contributed by atoms with Crippen LogP contribution < -0.4 is 26.2 Å². The Hall–Kier alpha value is -6.91. The van der Waals surface area contributed by atoms with E-state index in [1.807, 2.05) is 0 Å². The van der Waals surface area contributed by atoms with Crippen molar-refractivity contribution in [3.05, 3.63) is 78.3 Å². The number of hydrogen-bond acceptors (Lipinski definition) is 15. The van der Waals surface area contributed by atoms with Crippen molar-refractivity contribution in [3.63, 3.8) is 0 Å². The molecule has 2 aromatic carbocycles. The van der Waals surface area contributed by atoms with Gasteiger partial charge < -0.3 is 45.4 Å². The van der Waals surface area contributed by atoms with Crippen LogP contribution >= 0.6 is 11.3 Å². The minimum absolute atomic E-state index is 0.0621. The number of ether oxygens (including phenoxy) is 2. The van der Waals surface area contributed by atoms with E-state index in [-0.39, 0.29) is 47.7 Å². The molecule has 1 aliphatic carbocycles. The fourth-order valence-corrected chi connectivity index (χ4v) is 11.2. The number of rotatable bonds is 15. The molecular formula is C47H60N10O12S. The summed E-state index contributed by atoms with van der Waals surface area (Å²) in [5, 5.41) is 36.7. The standard InChI is InChI=1S/C47H60N10O12S/c1-25(2)39(51-46(62)68-5)43(60)53-21-9-12-34(53)41(58)48-29-17-15-27(23-36(29)56(64)65)32-19-20-33(55(32)45-50-31-11-7-8-14-38(31)70-45)28-16-18-30(37(24-28)57(66)67)49-42(59)35-13-10-22-54(35)44(61)40(26(3)4)52-47(63)69-6/h15-18,23-26,32-35,39-40H,7-14,19-22H2,1-6H3,(H,48,58)(H,49,59)(H,51,62)(H,52,63)/t32-,33-,34+,35+,39+,40+/m1/s1. The maximum Gasteiger partial charge on any atom is 0.407 e. The molecule has 70 heavy (non-hydrogen) atoms. The van der Waals surface area contributed by atoms with Crippen LogP contribution in [0.4, 0.5) is 37.5 Å². The summed E-state index contributed by atoms with van der Waals surface area (Å²) in [5.41, 5.74) is 1.23. The first-order valence-corrected chi connectivity index (χ1v) is 24.5. The number of amides is 6. The lowest BCUT2D eigenvalue weighted by atomic mass is 10.0. The molecule has 0 spiro atoms. The first-order chi connectivity index (χ1) is 33.4. The minimum atomic E-state index is -0.963. The van der Waals surface area contributed by atoms with E-state index in [2.05, 4.69) is 26.2 Å². The molecule has 4 N–H and O–H groups in total. The second-order valence-corrected chi connectivity index (χ2v) is 19.8. The van der Waals surface area contributed by atoms with Crippen molar-refractivity contribution in [1.29, 1.82) is 0 Å². The van der Waals surface area contributed by atoms with Gasteiger partial charge in [-0.15, -0.1) is 11.3 Å². The average Bonchev–Trinajstić information content (AvgIpc) is 4.18. The summed E-state index contributed by atoms with van der Waals surface area (Å²) in [6.45, 7) is 7.52. The number of carbonyl (C=O) groups excluding carboxylic acids is 6. The van der Waals surface area contributed by atoms with Crippen LogP contribution in [-0.4, -0.2) is 112 Å². The molecule has 376 valence electrons. The highest BCUT2D eigenvalue weighted by Gasteiger charge is 2.43. The van der Waals surface area contributed by atoms with Crippen molar-refractivity contribution in [3.8, 4) is 0 Å². The molecule has 1 aromatic heterocycles. The van der Waals surface area contributed by atoms with Crippen molar-refractivity contribution < 1.29 is 48.1 Å². The van der Waals surface area contributed by atoms with Gasteiger partial charge in [0.1, 0.15) is 35.5 Å². The Morgan fingerprint density at radius 3 is 1.51 bits per heavy atom. The number of nitro benzene ring substituents is 2. The van der Waals surface area contributed by atoms with Crippen LogP contribution in [0.3, 0.4) is 0 Å². The van der Waals surface area contributed by atoms with Gasteiger partial charge in [-0.1, -0.05) is 39.8 Å². The number of anilines is 3. The van der Waals surface area contributed by atoms with Gasteiger partial charge in [0.15, 0.2) is 5.13 Å². The topological polar surface area (TPSA) is 278 Å². The van der Waals surface area contributed by atoms with Crippen molar-refractivity contribution in [2.75, 3.05) is 42.8 Å². The second-order valence-electron chi connectivity index (χ2n) is 18.7. The number of methoxy groups -OCH3 is 2. The van der Waals surface area contributed by atoms with E-state index in [1.54, 1.807) is 39.8 Å². The molecule has 0 radical (unpaired) electrons. The molecule has 0 saturated carbocycles. The summed E-state index contributed by atoms with van der Waals surface area (Å²) in [4.78, 5) is 115. The van der Waals surface area contributed by atoms with Crippen molar-refractivity contribution >= 4 is 75.0 Å². The first-order valence-electron chi connectivity index (χ1n) is 23.7. The fraction of sp³-hybridized carbons (Fsp3) is 0.553. The number of fused-ring (bicyclic) bond motifs is 1. The van der Waals surface area contributed by atoms with Gasteiger partial charge in [-0.25, -0.2) is 14.6 Å². The number of aromatic nitrogens is 1. The third-order valence-electron chi connectivity index (χ3n) is 13.6. The number of thiazole rings is 1. The molecule has 3 aliphatic heterocycles. The Labute approximate surface area is 408 Å². The van der Waals surface area contributed by atoms with E-state index < -0.39 is 81.9 Å². The van der Waals surface area contributed by atoms with E-state index in [4.69, 9.17) is 14.5 Å².